The Labute approximate surface area is 167 Å². The van der Waals surface area contributed by atoms with E-state index in [1.807, 2.05) is 43.3 Å². The summed E-state index contributed by atoms with van der Waals surface area (Å²) in [6.07, 6.45) is 1.54. The Hall–Kier alpha value is -3.93. The second kappa shape index (κ2) is 7.59. The van der Waals surface area contributed by atoms with E-state index in [2.05, 4.69) is 10.1 Å². The molecule has 0 amide bonds. The fraction of sp³-hybridized carbons (Fsp3) is 0.0870. The van der Waals surface area contributed by atoms with Crippen LogP contribution in [0.5, 0.6) is 11.5 Å². The zero-order valence-electron chi connectivity index (χ0n) is 16.0. The van der Waals surface area contributed by atoms with Crippen molar-refractivity contribution in [3.05, 3.63) is 88.2 Å². The molecular weight excluding hydrogens is 366 g/mol. The van der Waals surface area contributed by atoms with E-state index in [0.717, 1.165) is 11.1 Å². The van der Waals surface area contributed by atoms with E-state index < -0.39 is 0 Å². The van der Waals surface area contributed by atoms with Gasteiger partial charge in [-0.1, -0.05) is 42.0 Å². The van der Waals surface area contributed by atoms with Gasteiger partial charge in [0.25, 0.3) is 5.56 Å². The number of methoxy groups -OCH3 is 1. The summed E-state index contributed by atoms with van der Waals surface area (Å²) >= 11 is 0. The number of aryl methyl sites for hydroxylation is 1. The number of para-hydroxylation sites is 1. The number of ether oxygens (including phenoxy) is 1. The molecule has 1 heterocycles. The Morgan fingerprint density at radius 2 is 1.83 bits per heavy atom. The monoisotopic (exact) mass is 385 g/mol. The summed E-state index contributed by atoms with van der Waals surface area (Å²) in [6.45, 7) is 2.00. The quantitative estimate of drug-likeness (QED) is 0.539. The number of phenolic OH excluding ortho intramolecular Hbond substituents is 1. The van der Waals surface area contributed by atoms with Crippen molar-refractivity contribution in [3.63, 3.8) is 0 Å². The minimum absolute atomic E-state index is 0.0366. The molecule has 29 heavy (non-hydrogen) atoms. The summed E-state index contributed by atoms with van der Waals surface area (Å²) in [6, 6.07) is 19.8. The summed E-state index contributed by atoms with van der Waals surface area (Å²) in [4.78, 5) is 17.8. The highest BCUT2D eigenvalue weighted by Gasteiger charge is 2.12. The Bertz CT molecular complexity index is 1280. The first-order valence-electron chi connectivity index (χ1n) is 9.07. The standard InChI is InChI=1S/C23H19N3O3/c1-15-7-10-17(11-8-15)22-25-19-6-4-3-5-18(19)23(28)26(22)24-14-16-9-12-20(27)21(13-16)29-2/h3-14,27H,1-2H3/b24-14+. The molecule has 4 rings (SSSR count). The predicted octanol–water partition coefficient (Wildman–Crippen LogP) is 3.97. The van der Waals surface area contributed by atoms with E-state index in [9.17, 15) is 9.90 Å². The number of aromatic hydroxyl groups is 1. The fourth-order valence-electron chi connectivity index (χ4n) is 3.02. The molecule has 1 aromatic heterocycles. The lowest BCUT2D eigenvalue weighted by atomic mass is 10.1. The van der Waals surface area contributed by atoms with E-state index in [4.69, 9.17) is 4.74 Å². The van der Waals surface area contributed by atoms with Gasteiger partial charge in [-0.15, -0.1) is 0 Å². The maximum Gasteiger partial charge on any atom is 0.282 e. The van der Waals surface area contributed by atoms with E-state index >= 15 is 0 Å². The molecule has 0 saturated carbocycles. The first kappa shape index (κ1) is 18.4. The molecule has 144 valence electrons. The van der Waals surface area contributed by atoms with E-state index in [-0.39, 0.29) is 11.3 Å². The zero-order valence-corrected chi connectivity index (χ0v) is 16.0. The minimum atomic E-state index is -0.256. The van der Waals surface area contributed by atoms with Crippen LogP contribution in [-0.2, 0) is 0 Å². The summed E-state index contributed by atoms with van der Waals surface area (Å²) < 4.78 is 6.43. The van der Waals surface area contributed by atoms with Crippen molar-refractivity contribution in [2.75, 3.05) is 7.11 Å². The molecule has 0 atom stereocenters. The maximum atomic E-state index is 13.1. The SMILES string of the molecule is COc1cc(/C=N/n2c(-c3ccc(C)cc3)nc3ccccc3c2=O)ccc1O. The summed E-state index contributed by atoms with van der Waals surface area (Å²) in [7, 11) is 1.48. The Kier molecular flexibility index (Phi) is 4.83. The lowest BCUT2D eigenvalue weighted by molar-refractivity contribution is 0.373. The fourth-order valence-corrected chi connectivity index (χ4v) is 3.02. The van der Waals surface area contributed by atoms with Crippen molar-refractivity contribution in [1.29, 1.82) is 0 Å². The highest BCUT2D eigenvalue weighted by Crippen LogP contribution is 2.25. The van der Waals surface area contributed by atoms with Gasteiger partial charge in [-0.2, -0.15) is 9.78 Å². The zero-order chi connectivity index (χ0) is 20.4. The molecule has 0 aliphatic heterocycles. The van der Waals surface area contributed by atoms with E-state index in [0.29, 0.717) is 28.0 Å². The second-order valence-electron chi connectivity index (χ2n) is 6.61. The Morgan fingerprint density at radius 1 is 1.07 bits per heavy atom. The highest BCUT2D eigenvalue weighted by atomic mass is 16.5. The topological polar surface area (TPSA) is 76.7 Å². The third kappa shape index (κ3) is 3.60. The lowest BCUT2D eigenvalue weighted by Gasteiger charge is -2.10. The van der Waals surface area contributed by atoms with Crippen LogP contribution in [0.1, 0.15) is 11.1 Å². The highest BCUT2D eigenvalue weighted by molar-refractivity contribution is 5.82. The number of benzene rings is 3. The molecule has 0 fully saturated rings. The second-order valence-corrected chi connectivity index (χ2v) is 6.61. The first-order valence-corrected chi connectivity index (χ1v) is 9.07. The number of hydrogen-bond donors (Lipinski definition) is 1. The first-order chi connectivity index (χ1) is 14.1. The maximum absolute atomic E-state index is 13.1. The molecule has 0 aliphatic rings. The number of fused-ring (bicyclic) bond motifs is 1. The van der Waals surface area contributed by atoms with Crippen molar-refractivity contribution in [2.24, 2.45) is 5.10 Å². The van der Waals surface area contributed by atoms with Gasteiger partial charge in [-0.3, -0.25) is 4.79 Å². The summed E-state index contributed by atoms with van der Waals surface area (Å²) in [5, 5.41) is 14.7. The minimum Gasteiger partial charge on any atom is -0.504 e. The molecule has 0 spiro atoms. The van der Waals surface area contributed by atoms with Gasteiger partial charge in [0.05, 0.1) is 24.2 Å². The van der Waals surface area contributed by atoms with Gasteiger partial charge in [-0.25, -0.2) is 4.98 Å². The molecule has 0 radical (unpaired) electrons. The average Bonchev–Trinajstić information content (AvgIpc) is 2.74. The van der Waals surface area contributed by atoms with E-state index in [1.54, 1.807) is 24.3 Å². The third-order valence-corrected chi connectivity index (χ3v) is 4.59. The summed E-state index contributed by atoms with van der Waals surface area (Å²) in [5.41, 5.74) is 2.94. The van der Waals surface area contributed by atoms with Crippen molar-refractivity contribution in [1.82, 2.24) is 9.66 Å². The van der Waals surface area contributed by atoms with Gasteiger partial charge in [-0.05, 0) is 42.8 Å². The molecule has 3 aromatic carbocycles. The Balaban J connectivity index is 1.90. The van der Waals surface area contributed by atoms with Gasteiger partial charge >= 0.3 is 0 Å². The van der Waals surface area contributed by atoms with E-state index in [1.165, 1.54) is 24.1 Å². The van der Waals surface area contributed by atoms with Crippen LogP contribution in [0.15, 0.2) is 76.6 Å². The molecular formula is C23H19N3O3. The number of nitrogens with zero attached hydrogens (tertiary/aromatic N) is 3. The Morgan fingerprint density at radius 3 is 2.59 bits per heavy atom. The van der Waals surface area contributed by atoms with Crippen LogP contribution in [0.3, 0.4) is 0 Å². The van der Waals surface area contributed by atoms with Gasteiger partial charge < -0.3 is 9.84 Å². The van der Waals surface area contributed by atoms with Crippen molar-refractivity contribution in [3.8, 4) is 22.9 Å². The van der Waals surface area contributed by atoms with Crippen LogP contribution in [0.2, 0.25) is 0 Å². The molecule has 0 aliphatic carbocycles. The van der Waals surface area contributed by atoms with Crippen LogP contribution in [0.25, 0.3) is 22.3 Å². The molecule has 0 unspecified atom stereocenters. The number of rotatable bonds is 4. The van der Waals surface area contributed by atoms with Crippen LogP contribution in [-0.4, -0.2) is 28.1 Å². The van der Waals surface area contributed by atoms with Crippen molar-refractivity contribution >= 4 is 17.1 Å². The van der Waals surface area contributed by atoms with Gasteiger partial charge in [0.1, 0.15) is 0 Å². The largest absolute Gasteiger partial charge is 0.504 e. The molecule has 1 N–H and O–H groups in total. The number of aromatic nitrogens is 2. The number of hydrogen-bond acceptors (Lipinski definition) is 5. The van der Waals surface area contributed by atoms with Crippen LogP contribution >= 0.6 is 0 Å². The predicted molar refractivity (Wildman–Crippen MR) is 114 cm³/mol. The number of phenols is 1. The summed E-state index contributed by atoms with van der Waals surface area (Å²) in [5.74, 6) is 0.821. The van der Waals surface area contributed by atoms with Crippen molar-refractivity contribution in [2.45, 2.75) is 6.92 Å². The smallest absolute Gasteiger partial charge is 0.282 e. The normalized spacial score (nSPS) is 11.2. The molecule has 6 heteroatoms. The molecule has 4 aromatic rings. The average molecular weight is 385 g/mol. The molecule has 0 saturated heterocycles. The van der Waals surface area contributed by atoms with Crippen molar-refractivity contribution < 1.29 is 9.84 Å². The van der Waals surface area contributed by atoms with Gasteiger partial charge in [0.2, 0.25) is 0 Å². The van der Waals surface area contributed by atoms with Gasteiger partial charge in [0.15, 0.2) is 17.3 Å². The van der Waals surface area contributed by atoms with Gasteiger partial charge in [0, 0.05) is 5.56 Å². The molecule has 0 bridgehead atoms. The van der Waals surface area contributed by atoms with Crippen LogP contribution < -0.4 is 10.3 Å². The molecule has 6 nitrogen and oxygen atoms in total. The third-order valence-electron chi connectivity index (χ3n) is 4.59. The lowest BCUT2D eigenvalue weighted by Crippen LogP contribution is -2.20. The van der Waals surface area contributed by atoms with Crippen LogP contribution in [0, 0.1) is 6.92 Å². The van der Waals surface area contributed by atoms with Crippen LogP contribution in [0.4, 0.5) is 0 Å².